The zero-order valence-corrected chi connectivity index (χ0v) is 23.2. The second kappa shape index (κ2) is 11.3. The summed E-state index contributed by atoms with van der Waals surface area (Å²) in [5.74, 6) is 1.50. The molecule has 1 aliphatic heterocycles. The maximum Gasteiger partial charge on any atom is 0.349 e. The Bertz CT molecular complexity index is 1450. The Kier molecular flexibility index (Phi) is 7.85. The smallest absolute Gasteiger partial charge is 0.349 e. The second-order valence-electron chi connectivity index (χ2n) is 10.8. The van der Waals surface area contributed by atoms with Crippen molar-refractivity contribution in [3.05, 3.63) is 57.9 Å². The molecule has 9 heteroatoms. The first-order valence-electron chi connectivity index (χ1n) is 14.1. The molecule has 3 unspecified atom stereocenters. The van der Waals surface area contributed by atoms with Gasteiger partial charge in [0.15, 0.2) is 5.82 Å². The molecular formula is C30H37FN6O2. The summed E-state index contributed by atoms with van der Waals surface area (Å²) in [5.41, 5.74) is 1.82. The largest absolute Gasteiger partial charge is 0.493 e. The molecule has 1 aliphatic carbocycles. The highest BCUT2D eigenvalue weighted by atomic mass is 19.1. The number of piperazine rings is 1. The Labute approximate surface area is 229 Å². The quantitative estimate of drug-likeness (QED) is 0.385. The predicted molar refractivity (Wildman–Crippen MR) is 149 cm³/mol. The maximum absolute atomic E-state index is 15.5. The van der Waals surface area contributed by atoms with Crippen molar-refractivity contribution in [3.63, 3.8) is 0 Å². The van der Waals surface area contributed by atoms with Gasteiger partial charge < -0.3 is 9.64 Å². The molecule has 1 saturated heterocycles. The molecule has 3 heterocycles. The molecule has 2 aromatic heterocycles. The Morgan fingerprint density at radius 3 is 2.51 bits per heavy atom. The van der Waals surface area contributed by atoms with Gasteiger partial charge >= 0.3 is 5.69 Å². The highest BCUT2D eigenvalue weighted by Gasteiger charge is 2.38. The molecule has 39 heavy (non-hydrogen) atoms. The fraction of sp³-hybridized carbons (Fsp3) is 0.533. The van der Waals surface area contributed by atoms with E-state index in [0.29, 0.717) is 53.8 Å². The first-order valence-corrected chi connectivity index (χ1v) is 14.1. The Balaban J connectivity index is 1.47. The van der Waals surface area contributed by atoms with Gasteiger partial charge in [0.05, 0.1) is 12.1 Å². The molecule has 0 N–H and O–H groups in total. The Morgan fingerprint density at radius 1 is 1.10 bits per heavy atom. The number of aryl methyl sites for hydroxylation is 1. The van der Waals surface area contributed by atoms with Gasteiger partial charge in [0.25, 0.3) is 0 Å². The number of anilines is 1. The normalized spacial score (nSPS) is 20.7. The van der Waals surface area contributed by atoms with Crippen LogP contribution in [-0.4, -0.2) is 51.2 Å². The minimum atomic E-state index is -0.355. The molecule has 0 spiro atoms. The maximum atomic E-state index is 15.5. The summed E-state index contributed by atoms with van der Waals surface area (Å²) >= 11 is 0. The zero-order valence-electron chi connectivity index (χ0n) is 23.2. The topological polar surface area (TPSA) is 87.3 Å². The molecule has 206 valence electrons. The van der Waals surface area contributed by atoms with Gasteiger partial charge in [-0.25, -0.2) is 14.2 Å². The van der Waals surface area contributed by atoms with Gasteiger partial charge in [-0.2, -0.15) is 10.2 Å². The number of hydrogen-bond acceptors (Lipinski definition) is 7. The summed E-state index contributed by atoms with van der Waals surface area (Å²) in [4.78, 5) is 26.4. The van der Waals surface area contributed by atoms with Crippen molar-refractivity contribution < 1.29 is 9.13 Å². The van der Waals surface area contributed by atoms with Crippen LogP contribution >= 0.6 is 0 Å². The van der Waals surface area contributed by atoms with E-state index in [2.05, 4.69) is 46.6 Å². The van der Waals surface area contributed by atoms with Crippen LogP contribution in [-0.2, 0) is 7.05 Å². The van der Waals surface area contributed by atoms with E-state index in [1.165, 1.54) is 23.5 Å². The van der Waals surface area contributed by atoms with E-state index in [1.807, 2.05) is 12.1 Å². The molecule has 0 amide bonds. The molecule has 1 aromatic carbocycles. The van der Waals surface area contributed by atoms with E-state index in [1.54, 1.807) is 19.2 Å². The SMILES string of the molecule is CCC1CN(C(CC)c2ccc(OCC3CC3)cc2F)C(CC)CN1c1nc(=O)n(C)c2ccc(C#N)nc12. The first kappa shape index (κ1) is 27.1. The average molecular weight is 533 g/mol. The van der Waals surface area contributed by atoms with Gasteiger partial charge in [0, 0.05) is 49.9 Å². The van der Waals surface area contributed by atoms with Crippen molar-refractivity contribution in [2.45, 2.75) is 71.0 Å². The van der Waals surface area contributed by atoms with Crippen LogP contribution in [0.3, 0.4) is 0 Å². The lowest BCUT2D eigenvalue weighted by atomic mass is 9.94. The average Bonchev–Trinajstić information content (AvgIpc) is 3.79. The number of rotatable bonds is 9. The Hall–Kier alpha value is -3.51. The van der Waals surface area contributed by atoms with Gasteiger partial charge in [-0.1, -0.05) is 26.8 Å². The second-order valence-corrected chi connectivity index (χ2v) is 10.8. The van der Waals surface area contributed by atoms with E-state index in [0.717, 1.165) is 19.3 Å². The molecular weight excluding hydrogens is 495 g/mol. The summed E-state index contributed by atoms with van der Waals surface area (Å²) in [6, 6.07) is 10.9. The third-order valence-corrected chi connectivity index (χ3v) is 8.30. The van der Waals surface area contributed by atoms with Gasteiger partial charge in [-0.15, -0.1) is 0 Å². The van der Waals surface area contributed by atoms with Crippen LogP contribution in [0.4, 0.5) is 10.2 Å². The number of fused-ring (bicyclic) bond motifs is 1. The van der Waals surface area contributed by atoms with Gasteiger partial charge in [0.1, 0.15) is 28.8 Å². The summed E-state index contributed by atoms with van der Waals surface area (Å²) in [7, 11) is 1.67. The van der Waals surface area contributed by atoms with Crippen LogP contribution in [0.5, 0.6) is 5.75 Å². The van der Waals surface area contributed by atoms with Crippen molar-refractivity contribution in [3.8, 4) is 11.8 Å². The third-order valence-electron chi connectivity index (χ3n) is 8.30. The molecule has 0 radical (unpaired) electrons. The molecule has 3 atom stereocenters. The van der Waals surface area contributed by atoms with Crippen molar-refractivity contribution in [2.75, 3.05) is 24.6 Å². The van der Waals surface area contributed by atoms with Crippen LogP contribution < -0.4 is 15.3 Å². The van der Waals surface area contributed by atoms with Crippen LogP contribution in [0, 0.1) is 23.1 Å². The van der Waals surface area contributed by atoms with E-state index in [-0.39, 0.29) is 35.3 Å². The van der Waals surface area contributed by atoms with Crippen LogP contribution in [0.15, 0.2) is 35.1 Å². The number of nitrogens with zero attached hydrogens (tertiary/aromatic N) is 6. The number of pyridine rings is 1. The van der Waals surface area contributed by atoms with Gasteiger partial charge in [0.2, 0.25) is 0 Å². The lowest BCUT2D eigenvalue weighted by Crippen LogP contribution is -2.59. The third kappa shape index (κ3) is 5.35. The van der Waals surface area contributed by atoms with E-state index < -0.39 is 0 Å². The van der Waals surface area contributed by atoms with Crippen LogP contribution in [0.2, 0.25) is 0 Å². The highest BCUT2D eigenvalue weighted by molar-refractivity contribution is 5.86. The summed E-state index contributed by atoms with van der Waals surface area (Å²) < 4.78 is 22.7. The van der Waals surface area contributed by atoms with E-state index in [9.17, 15) is 10.1 Å². The number of halogens is 1. The molecule has 0 bridgehead atoms. The van der Waals surface area contributed by atoms with Crippen molar-refractivity contribution in [1.29, 1.82) is 5.26 Å². The molecule has 1 saturated carbocycles. The number of nitriles is 1. The van der Waals surface area contributed by atoms with Gasteiger partial charge in [-0.3, -0.25) is 9.47 Å². The molecule has 2 aliphatic rings. The Morgan fingerprint density at radius 2 is 1.87 bits per heavy atom. The fourth-order valence-corrected chi connectivity index (χ4v) is 5.80. The standard InChI is InChI=1S/C30H37FN6O2/c1-5-21-17-37(29-28-27(35(4)30(38)34-29)13-10-20(15-32)33-28)22(6-2)16-36(21)26(7-3)24-12-11-23(14-25(24)31)39-18-19-8-9-19/h10-14,19,21-22,26H,5-9,16-18H2,1-4H3. The zero-order chi connectivity index (χ0) is 27.7. The first-order chi connectivity index (χ1) is 18.9. The minimum absolute atomic E-state index is 0.0430. The monoisotopic (exact) mass is 532 g/mol. The molecule has 8 nitrogen and oxygen atoms in total. The van der Waals surface area contributed by atoms with E-state index >= 15 is 4.39 Å². The summed E-state index contributed by atoms with van der Waals surface area (Å²) in [5, 5.41) is 9.47. The predicted octanol–water partition coefficient (Wildman–Crippen LogP) is 4.96. The number of benzene rings is 1. The molecule has 5 rings (SSSR count). The van der Waals surface area contributed by atoms with Crippen LogP contribution in [0.1, 0.15) is 70.2 Å². The van der Waals surface area contributed by atoms with Crippen molar-refractivity contribution >= 4 is 16.9 Å². The lowest BCUT2D eigenvalue weighted by Gasteiger charge is -2.49. The minimum Gasteiger partial charge on any atom is -0.493 e. The molecule has 3 aromatic rings. The lowest BCUT2D eigenvalue weighted by molar-refractivity contribution is 0.0876. The summed E-state index contributed by atoms with van der Waals surface area (Å²) in [6.45, 7) is 8.34. The van der Waals surface area contributed by atoms with Crippen molar-refractivity contribution in [2.24, 2.45) is 13.0 Å². The van der Waals surface area contributed by atoms with Gasteiger partial charge in [-0.05, 0) is 56.2 Å². The fourth-order valence-electron chi connectivity index (χ4n) is 5.80. The number of ether oxygens (including phenoxy) is 1. The van der Waals surface area contributed by atoms with E-state index in [4.69, 9.17) is 4.74 Å². The summed E-state index contributed by atoms with van der Waals surface area (Å²) in [6.07, 6.45) is 4.83. The van der Waals surface area contributed by atoms with Crippen molar-refractivity contribution in [1.82, 2.24) is 19.4 Å². The number of aromatic nitrogens is 3. The number of hydrogen-bond donors (Lipinski definition) is 0. The van der Waals surface area contributed by atoms with Crippen LogP contribution in [0.25, 0.3) is 11.0 Å². The molecule has 2 fully saturated rings. The highest BCUT2D eigenvalue weighted by Crippen LogP contribution is 2.37.